The van der Waals surface area contributed by atoms with Gasteiger partial charge in [0.05, 0.1) is 0 Å². The Kier molecular flexibility index (Phi) is 10.3. The average molecular weight is 756 g/mol. The van der Waals surface area contributed by atoms with Crippen LogP contribution in [0.25, 0.3) is 0 Å². The fourth-order valence-corrected chi connectivity index (χ4v) is 9.45. The van der Waals surface area contributed by atoms with Crippen molar-refractivity contribution in [1.29, 1.82) is 0 Å². The summed E-state index contributed by atoms with van der Waals surface area (Å²) < 4.78 is 32.8. The highest BCUT2D eigenvalue weighted by atomic mass is 31.2. The van der Waals surface area contributed by atoms with Crippen molar-refractivity contribution in [3.63, 3.8) is 0 Å². The lowest BCUT2D eigenvalue weighted by Crippen LogP contribution is -2.14. The van der Waals surface area contributed by atoms with E-state index < -0.39 is 16.2 Å². The van der Waals surface area contributed by atoms with Crippen LogP contribution in [0.2, 0.25) is 0 Å². The van der Waals surface area contributed by atoms with Crippen molar-refractivity contribution in [3.05, 3.63) is 146 Å². The van der Waals surface area contributed by atoms with Gasteiger partial charge in [-0.3, -0.25) is 0 Å². The van der Waals surface area contributed by atoms with E-state index in [1.807, 2.05) is 6.07 Å². The summed E-state index contributed by atoms with van der Waals surface area (Å²) in [5.41, 5.74) is 0. The number of hydrogen-bond donors (Lipinski definition) is 4. The Labute approximate surface area is 300 Å². The van der Waals surface area contributed by atoms with Crippen LogP contribution in [0.15, 0.2) is 146 Å². The Hall–Kier alpha value is -6.38. The van der Waals surface area contributed by atoms with Gasteiger partial charge in [0.25, 0.3) is 0 Å². The summed E-state index contributed by atoms with van der Waals surface area (Å²) in [5, 5.41) is 42.4. The second kappa shape index (κ2) is 15.7. The zero-order chi connectivity index (χ0) is 35.9. The van der Waals surface area contributed by atoms with E-state index in [9.17, 15) is 20.4 Å². The van der Waals surface area contributed by atoms with Gasteiger partial charge in [-0.15, -0.1) is 4.51 Å². The van der Waals surface area contributed by atoms with Crippen molar-refractivity contribution in [2.24, 2.45) is 0 Å². The normalized spacial score (nSPS) is 11.5. The number of aromatic hydroxyl groups is 4. The number of benzene rings is 6. The molecule has 13 nitrogen and oxygen atoms in total. The van der Waals surface area contributed by atoms with Crippen LogP contribution in [0.3, 0.4) is 0 Å². The van der Waals surface area contributed by atoms with Crippen LogP contribution in [-0.2, 0) is 0 Å². The zero-order valence-corrected chi connectivity index (χ0v) is 29.5. The fourth-order valence-electron chi connectivity index (χ4n) is 4.49. The van der Waals surface area contributed by atoms with E-state index in [0.717, 1.165) is 0 Å². The summed E-state index contributed by atoms with van der Waals surface area (Å²) in [6.45, 7) is 0. The summed E-state index contributed by atoms with van der Waals surface area (Å²) in [6, 6.07) is 39.4. The minimum atomic E-state index is -2.20. The van der Waals surface area contributed by atoms with E-state index in [0.29, 0.717) is 5.75 Å². The molecule has 6 aromatic carbocycles. The average Bonchev–Trinajstić information content (AvgIpc) is 3.15. The number of hydrogen-bond acceptors (Lipinski definition) is 11. The van der Waals surface area contributed by atoms with Crippen molar-refractivity contribution in [2.45, 2.75) is 0 Å². The van der Waals surface area contributed by atoms with Gasteiger partial charge in [-0.05, 0) is 77.1 Å². The molecule has 2 atom stereocenters. The predicted molar refractivity (Wildman–Crippen MR) is 195 cm³/mol. The highest BCUT2D eigenvalue weighted by Gasteiger charge is 2.25. The molecule has 0 aliphatic heterocycles. The number of rotatable bonds is 12. The molecule has 16 heteroatoms. The van der Waals surface area contributed by atoms with Gasteiger partial charge < -0.3 is 48.6 Å². The van der Waals surface area contributed by atoms with Crippen molar-refractivity contribution in [2.75, 3.05) is 0 Å². The Morgan fingerprint density at radius 3 is 1.58 bits per heavy atom. The van der Waals surface area contributed by atoms with E-state index in [1.54, 1.807) is 115 Å². The minimum Gasteiger partial charge on any atom is -0.504 e. The molecular weight excluding hydrogens is 727 g/mol. The summed E-state index contributed by atoms with van der Waals surface area (Å²) >= 11 is 0. The second-order valence-corrected chi connectivity index (χ2v) is 14.9. The number of phenolic OH excluding ortho intramolecular Hbond substituents is 4. The molecule has 4 N–H and O–H groups in total. The summed E-state index contributed by atoms with van der Waals surface area (Å²) in [4.78, 5) is 12.5. The monoisotopic (exact) mass is 755 g/mol. The van der Waals surface area contributed by atoms with Crippen LogP contribution in [0.1, 0.15) is 0 Å². The first-order valence-electron chi connectivity index (χ1n) is 15.4. The topological polar surface area (TPSA) is 159 Å². The molecule has 262 valence electrons. The Balaban J connectivity index is 1.39. The Morgan fingerprint density at radius 1 is 0.462 bits per heavy atom. The standard InChI is InChI=1S/C36H28N3O10P3/c40-26-15-4-8-19-30(26)44-34-23-12-24-35(36(34)45-31-20-9-5-16-27(31)41)48-51-37-50-38(47-32-21-10-6-17-28(32)42)52(49-33-22-11-7-18-29(33)43)39(51)46-25-13-2-1-3-14-25/h1-24,40-43H. The lowest BCUT2D eigenvalue weighted by molar-refractivity contribution is 0.227. The SMILES string of the molecule is Oc1ccccc1Oc1cccc(Op2npn(Oc3ccccc3O)p(Oc3ccccc3O)n2Oc2ccccc2)c1Oc1ccccc1O. The van der Waals surface area contributed by atoms with Gasteiger partial charge in [-0.1, -0.05) is 77.1 Å². The fraction of sp³-hybridized carbons (Fsp3) is 0. The Morgan fingerprint density at radius 2 is 0.962 bits per heavy atom. The molecule has 0 amide bonds. The van der Waals surface area contributed by atoms with Crippen LogP contribution in [-0.4, -0.2) is 33.4 Å². The highest BCUT2D eigenvalue weighted by molar-refractivity contribution is 7.56. The first kappa shape index (κ1) is 34.1. The Bertz CT molecular complexity index is 2350. The molecule has 0 bridgehead atoms. The van der Waals surface area contributed by atoms with Gasteiger partial charge in [-0.25, -0.2) is 0 Å². The zero-order valence-electron chi connectivity index (χ0n) is 26.8. The molecule has 0 spiro atoms. The molecule has 0 saturated carbocycles. The van der Waals surface area contributed by atoms with Crippen molar-refractivity contribution >= 4 is 24.7 Å². The van der Waals surface area contributed by atoms with Crippen LogP contribution < -0.4 is 28.2 Å². The van der Waals surface area contributed by atoms with E-state index >= 15 is 0 Å². The minimum absolute atomic E-state index is 0.0557. The molecule has 7 rings (SSSR count). The van der Waals surface area contributed by atoms with Gasteiger partial charge in [-0.2, -0.15) is 0 Å². The summed E-state index contributed by atoms with van der Waals surface area (Å²) in [7, 11) is -4.15. The van der Waals surface area contributed by atoms with Crippen LogP contribution in [0.5, 0.6) is 69.0 Å². The molecule has 0 aliphatic rings. The summed E-state index contributed by atoms with van der Waals surface area (Å²) in [6.07, 6.45) is 0. The maximum atomic E-state index is 10.7. The number of aromatic nitrogens is 3. The quantitative estimate of drug-likeness (QED) is 0.0940. The molecule has 0 radical (unpaired) electrons. The molecule has 2 unspecified atom stereocenters. The van der Waals surface area contributed by atoms with Crippen molar-refractivity contribution < 1.29 is 48.6 Å². The van der Waals surface area contributed by atoms with Gasteiger partial charge in [0, 0.05) is 0 Å². The number of nitrogens with zero attached hydrogens (tertiary/aromatic N) is 3. The molecule has 0 aliphatic carbocycles. The number of para-hydroxylation sites is 10. The third-order valence-electron chi connectivity index (χ3n) is 6.94. The van der Waals surface area contributed by atoms with Gasteiger partial charge in [0.15, 0.2) is 71.8 Å². The van der Waals surface area contributed by atoms with E-state index in [4.69, 9.17) is 32.7 Å². The van der Waals surface area contributed by atoms with Gasteiger partial charge >= 0.3 is 16.2 Å². The largest absolute Gasteiger partial charge is 0.504 e. The maximum absolute atomic E-state index is 10.7. The third kappa shape index (κ3) is 7.83. The summed E-state index contributed by atoms with van der Waals surface area (Å²) in [5.74, 6) is 0.755. The van der Waals surface area contributed by atoms with Crippen molar-refractivity contribution in [1.82, 2.24) is 13.0 Å². The highest BCUT2D eigenvalue weighted by Crippen LogP contribution is 2.50. The number of ether oxygens (including phenoxy) is 2. The van der Waals surface area contributed by atoms with E-state index in [-0.39, 0.29) is 71.8 Å². The number of phenols is 4. The smallest absolute Gasteiger partial charge is 0.319 e. The van der Waals surface area contributed by atoms with Crippen LogP contribution in [0, 0.1) is 0 Å². The van der Waals surface area contributed by atoms with Gasteiger partial charge in [0.2, 0.25) is 5.75 Å². The molecule has 0 fully saturated rings. The van der Waals surface area contributed by atoms with E-state index in [2.05, 4.69) is 0 Å². The van der Waals surface area contributed by atoms with Crippen LogP contribution >= 0.6 is 24.7 Å². The molecule has 52 heavy (non-hydrogen) atoms. The molecule has 0 saturated heterocycles. The first-order valence-corrected chi connectivity index (χ1v) is 18.6. The van der Waals surface area contributed by atoms with Gasteiger partial charge in [0.1, 0.15) is 0 Å². The first-order chi connectivity index (χ1) is 25.4. The molecule has 1 aromatic heterocycles. The second-order valence-electron chi connectivity index (χ2n) is 10.5. The molecular formula is C36H28N3O10P3. The molecule has 7 aromatic rings. The van der Waals surface area contributed by atoms with Crippen LogP contribution in [0.4, 0.5) is 0 Å². The predicted octanol–water partition coefficient (Wildman–Crippen LogP) is 10.1. The lowest BCUT2D eigenvalue weighted by atomic mass is 10.2. The van der Waals surface area contributed by atoms with Crippen molar-refractivity contribution in [3.8, 4) is 69.0 Å². The lowest BCUT2D eigenvalue weighted by Gasteiger charge is -2.22. The third-order valence-corrected chi connectivity index (χ3v) is 11.6. The maximum Gasteiger partial charge on any atom is 0.319 e. The molecule has 1 heterocycles. The van der Waals surface area contributed by atoms with E-state index in [1.165, 1.54) is 32.8 Å².